The van der Waals surface area contributed by atoms with Crippen LogP contribution in [-0.4, -0.2) is 37.0 Å². The van der Waals surface area contributed by atoms with Gasteiger partial charge in [-0.3, -0.25) is 4.79 Å². The van der Waals surface area contributed by atoms with E-state index in [1.165, 1.54) is 17.4 Å². The van der Waals surface area contributed by atoms with Crippen LogP contribution >= 0.6 is 11.3 Å². The van der Waals surface area contributed by atoms with E-state index in [4.69, 9.17) is 0 Å². The Bertz CT molecular complexity index is 704. The van der Waals surface area contributed by atoms with Crippen LogP contribution in [0.5, 0.6) is 0 Å². The van der Waals surface area contributed by atoms with E-state index in [1.54, 1.807) is 6.07 Å². The van der Waals surface area contributed by atoms with Crippen molar-refractivity contribution in [2.45, 2.75) is 26.7 Å². The second kappa shape index (κ2) is 6.97. The van der Waals surface area contributed by atoms with Crippen molar-refractivity contribution in [3.63, 3.8) is 0 Å². The van der Waals surface area contributed by atoms with Crippen molar-refractivity contribution in [3.8, 4) is 0 Å². The number of aryl methyl sites for hydroxylation is 1. The van der Waals surface area contributed by atoms with Crippen LogP contribution in [0.15, 0.2) is 18.2 Å². The molecule has 2 aromatic rings. The van der Waals surface area contributed by atoms with E-state index < -0.39 is 0 Å². The van der Waals surface area contributed by atoms with Crippen molar-refractivity contribution in [1.82, 2.24) is 10.2 Å². The standard InChI is InChI=1S/C18H23FN2OS/c1-3-20-11-13-7-9-21(10-8-13)18(22)17-12(2)16-14(19)5-4-6-15(16)23-17/h4-6,13,20H,3,7-11H2,1-2H3. The highest BCUT2D eigenvalue weighted by Crippen LogP contribution is 2.34. The molecule has 1 saturated heterocycles. The number of amides is 1. The number of piperidine rings is 1. The first kappa shape index (κ1) is 16.4. The molecule has 2 heterocycles. The van der Waals surface area contributed by atoms with E-state index >= 15 is 0 Å². The highest BCUT2D eigenvalue weighted by molar-refractivity contribution is 7.21. The summed E-state index contributed by atoms with van der Waals surface area (Å²) in [7, 11) is 0. The van der Waals surface area contributed by atoms with Crippen LogP contribution in [-0.2, 0) is 0 Å². The second-order valence-corrected chi connectivity index (χ2v) is 7.26. The maximum atomic E-state index is 14.0. The molecule has 3 rings (SSSR count). The molecule has 0 aliphatic carbocycles. The summed E-state index contributed by atoms with van der Waals surface area (Å²) in [4.78, 5) is 15.4. The molecule has 0 saturated carbocycles. The second-order valence-electron chi connectivity index (χ2n) is 6.21. The number of hydrogen-bond acceptors (Lipinski definition) is 3. The Morgan fingerprint density at radius 3 is 2.78 bits per heavy atom. The molecule has 0 radical (unpaired) electrons. The van der Waals surface area contributed by atoms with Crippen molar-refractivity contribution >= 4 is 27.3 Å². The Balaban J connectivity index is 1.74. The Kier molecular flexibility index (Phi) is 4.97. The molecule has 1 aliphatic rings. The summed E-state index contributed by atoms with van der Waals surface area (Å²) in [5.41, 5.74) is 0.780. The van der Waals surface area contributed by atoms with Crippen molar-refractivity contribution < 1.29 is 9.18 Å². The van der Waals surface area contributed by atoms with Crippen LogP contribution < -0.4 is 5.32 Å². The molecule has 1 aliphatic heterocycles. The number of nitrogens with one attached hydrogen (secondary N) is 1. The number of benzene rings is 1. The summed E-state index contributed by atoms with van der Waals surface area (Å²) >= 11 is 1.41. The van der Waals surface area contributed by atoms with Gasteiger partial charge in [-0.15, -0.1) is 11.3 Å². The summed E-state index contributed by atoms with van der Waals surface area (Å²) < 4.78 is 14.9. The zero-order valence-corrected chi connectivity index (χ0v) is 14.5. The van der Waals surface area contributed by atoms with Gasteiger partial charge >= 0.3 is 0 Å². The minimum absolute atomic E-state index is 0.0602. The quantitative estimate of drug-likeness (QED) is 0.922. The highest BCUT2D eigenvalue weighted by atomic mass is 32.1. The molecule has 1 aromatic heterocycles. The fourth-order valence-electron chi connectivity index (χ4n) is 3.29. The zero-order chi connectivity index (χ0) is 16.4. The summed E-state index contributed by atoms with van der Waals surface area (Å²) in [6, 6.07) is 5.05. The lowest BCUT2D eigenvalue weighted by atomic mass is 9.96. The maximum absolute atomic E-state index is 14.0. The molecule has 0 unspecified atom stereocenters. The van der Waals surface area contributed by atoms with E-state index in [9.17, 15) is 9.18 Å². The first-order valence-corrected chi connectivity index (χ1v) is 9.11. The molecule has 0 atom stereocenters. The molecular formula is C18H23FN2OS. The molecule has 1 fully saturated rings. The lowest BCUT2D eigenvalue weighted by Crippen LogP contribution is -2.40. The number of fused-ring (bicyclic) bond motifs is 1. The average molecular weight is 334 g/mol. The highest BCUT2D eigenvalue weighted by Gasteiger charge is 2.26. The van der Waals surface area contributed by atoms with Crippen molar-refractivity contribution in [2.75, 3.05) is 26.2 Å². The largest absolute Gasteiger partial charge is 0.338 e. The van der Waals surface area contributed by atoms with E-state index in [-0.39, 0.29) is 11.7 Å². The minimum Gasteiger partial charge on any atom is -0.338 e. The van der Waals surface area contributed by atoms with E-state index in [1.807, 2.05) is 17.9 Å². The maximum Gasteiger partial charge on any atom is 0.264 e. The van der Waals surface area contributed by atoms with Gasteiger partial charge in [-0.05, 0) is 56.5 Å². The van der Waals surface area contributed by atoms with Crippen LogP contribution in [0, 0.1) is 18.7 Å². The first-order valence-electron chi connectivity index (χ1n) is 8.29. The molecule has 1 amide bonds. The Hall–Kier alpha value is -1.46. The minimum atomic E-state index is -0.236. The monoisotopic (exact) mass is 334 g/mol. The predicted octanol–water partition coefficient (Wildman–Crippen LogP) is 3.81. The molecular weight excluding hydrogens is 311 g/mol. The number of hydrogen-bond donors (Lipinski definition) is 1. The topological polar surface area (TPSA) is 32.3 Å². The fourth-order valence-corrected chi connectivity index (χ4v) is 4.48. The summed E-state index contributed by atoms with van der Waals surface area (Å²) in [5.74, 6) is 0.476. The van der Waals surface area contributed by atoms with Crippen LogP contribution in [0.3, 0.4) is 0 Å². The molecule has 124 valence electrons. The molecule has 0 spiro atoms. The lowest BCUT2D eigenvalue weighted by Gasteiger charge is -2.32. The summed E-state index contributed by atoms with van der Waals surface area (Å²) in [5, 5.41) is 3.98. The van der Waals surface area contributed by atoms with Gasteiger partial charge in [0.2, 0.25) is 0 Å². The Morgan fingerprint density at radius 2 is 2.13 bits per heavy atom. The number of nitrogens with zero attached hydrogens (tertiary/aromatic N) is 1. The third-order valence-electron chi connectivity index (χ3n) is 4.68. The van der Waals surface area contributed by atoms with Gasteiger partial charge in [0.1, 0.15) is 5.82 Å². The van der Waals surface area contributed by atoms with Gasteiger partial charge in [0.05, 0.1) is 4.88 Å². The summed E-state index contributed by atoms with van der Waals surface area (Å²) in [6.07, 6.45) is 2.08. The number of likely N-dealkylation sites (tertiary alicyclic amines) is 1. The third-order valence-corrected chi connectivity index (χ3v) is 5.93. The average Bonchev–Trinajstić information content (AvgIpc) is 2.91. The number of thiophene rings is 1. The Labute approximate surface area is 140 Å². The molecule has 1 aromatic carbocycles. The number of carbonyl (C=O) groups excluding carboxylic acids is 1. The smallest absolute Gasteiger partial charge is 0.264 e. The van der Waals surface area contributed by atoms with Gasteiger partial charge in [0.25, 0.3) is 5.91 Å². The van der Waals surface area contributed by atoms with Crippen LogP contribution in [0.2, 0.25) is 0 Å². The van der Waals surface area contributed by atoms with Gasteiger partial charge in [0, 0.05) is 23.2 Å². The van der Waals surface area contributed by atoms with Crippen LogP contribution in [0.4, 0.5) is 4.39 Å². The van der Waals surface area contributed by atoms with Crippen molar-refractivity contribution in [3.05, 3.63) is 34.5 Å². The Morgan fingerprint density at radius 1 is 1.39 bits per heavy atom. The van der Waals surface area contributed by atoms with Crippen LogP contribution in [0.25, 0.3) is 10.1 Å². The van der Waals surface area contributed by atoms with E-state index in [0.717, 1.165) is 49.3 Å². The van der Waals surface area contributed by atoms with Gasteiger partial charge in [-0.25, -0.2) is 4.39 Å². The normalized spacial score (nSPS) is 16.2. The summed E-state index contributed by atoms with van der Waals surface area (Å²) in [6.45, 7) is 7.59. The molecule has 3 nitrogen and oxygen atoms in total. The van der Waals surface area contributed by atoms with Crippen LogP contribution in [0.1, 0.15) is 35.0 Å². The lowest BCUT2D eigenvalue weighted by molar-refractivity contribution is 0.0694. The van der Waals surface area contributed by atoms with Crippen molar-refractivity contribution in [1.29, 1.82) is 0 Å². The molecule has 0 bridgehead atoms. The van der Waals surface area contributed by atoms with Gasteiger partial charge in [-0.1, -0.05) is 13.0 Å². The van der Waals surface area contributed by atoms with E-state index in [0.29, 0.717) is 16.2 Å². The number of rotatable bonds is 4. The molecule has 5 heteroatoms. The SMILES string of the molecule is CCNCC1CCN(C(=O)c2sc3cccc(F)c3c2C)CC1. The van der Waals surface area contributed by atoms with Gasteiger partial charge in [-0.2, -0.15) is 0 Å². The molecule has 23 heavy (non-hydrogen) atoms. The third kappa shape index (κ3) is 3.26. The number of halogens is 1. The zero-order valence-electron chi connectivity index (χ0n) is 13.7. The van der Waals surface area contributed by atoms with Crippen molar-refractivity contribution in [2.24, 2.45) is 5.92 Å². The first-order chi connectivity index (χ1) is 11.1. The van der Waals surface area contributed by atoms with E-state index in [2.05, 4.69) is 12.2 Å². The van der Waals surface area contributed by atoms with Gasteiger partial charge in [0.15, 0.2) is 0 Å². The molecule has 1 N–H and O–H groups in total. The number of carbonyl (C=O) groups is 1. The fraction of sp³-hybridized carbons (Fsp3) is 0.500. The van der Waals surface area contributed by atoms with Gasteiger partial charge < -0.3 is 10.2 Å². The predicted molar refractivity (Wildman–Crippen MR) is 93.7 cm³/mol.